The van der Waals surface area contributed by atoms with Gasteiger partial charge >= 0.3 is 0 Å². The Morgan fingerprint density at radius 1 is 0.733 bits per heavy atom. The van der Waals surface area contributed by atoms with E-state index in [0.29, 0.717) is 10.8 Å². The van der Waals surface area contributed by atoms with Crippen LogP contribution in [0.3, 0.4) is 0 Å². The van der Waals surface area contributed by atoms with E-state index < -0.39 is 11.6 Å². The zero-order chi connectivity index (χ0) is 10.4. The predicted molar refractivity (Wildman–Crippen MR) is 53.6 cm³/mol. The average Bonchev–Trinajstić information content (AvgIpc) is 2.60. The van der Waals surface area contributed by atoms with Crippen LogP contribution >= 0.6 is 0 Å². The van der Waals surface area contributed by atoms with E-state index in [1.54, 1.807) is 24.3 Å². The highest BCUT2D eigenvalue weighted by molar-refractivity contribution is 6.05. The number of halogens is 2. The molecule has 0 aliphatic heterocycles. The van der Waals surface area contributed by atoms with Gasteiger partial charge in [0.2, 0.25) is 0 Å². The summed E-state index contributed by atoms with van der Waals surface area (Å²) in [7, 11) is 0. The Hall–Kier alpha value is -1.90. The van der Waals surface area contributed by atoms with E-state index in [4.69, 9.17) is 4.42 Å². The van der Waals surface area contributed by atoms with Crippen molar-refractivity contribution in [2.24, 2.45) is 0 Å². The molecule has 0 amide bonds. The molecule has 0 N–H and O–H groups in total. The number of rotatable bonds is 0. The lowest BCUT2D eigenvalue weighted by atomic mass is 10.1. The highest BCUT2D eigenvalue weighted by Crippen LogP contribution is 2.31. The molecule has 1 nitrogen and oxygen atoms in total. The van der Waals surface area contributed by atoms with Gasteiger partial charge in [-0.2, -0.15) is 0 Å². The first-order chi connectivity index (χ1) is 7.27. The van der Waals surface area contributed by atoms with Crippen LogP contribution in [0.1, 0.15) is 0 Å². The smallest absolute Gasteiger partial charge is 0.171 e. The van der Waals surface area contributed by atoms with Crippen LogP contribution in [0.2, 0.25) is 0 Å². The largest absolute Gasteiger partial charge is 0.450 e. The fourth-order valence-corrected chi connectivity index (χ4v) is 1.75. The fourth-order valence-electron chi connectivity index (χ4n) is 1.75. The Labute approximate surface area is 83.9 Å². The summed E-state index contributed by atoms with van der Waals surface area (Å²) in [6, 6.07) is 9.17. The van der Waals surface area contributed by atoms with Gasteiger partial charge in [0.25, 0.3) is 0 Å². The Kier molecular flexibility index (Phi) is 1.57. The Morgan fingerprint density at radius 3 is 1.67 bits per heavy atom. The lowest BCUT2D eigenvalue weighted by molar-refractivity contribution is 0.557. The Balaban J connectivity index is 2.63. The van der Waals surface area contributed by atoms with Gasteiger partial charge in [0.15, 0.2) is 22.8 Å². The Morgan fingerprint density at radius 2 is 1.20 bits per heavy atom. The van der Waals surface area contributed by atoms with Gasteiger partial charge < -0.3 is 4.42 Å². The zero-order valence-corrected chi connectivity index (χ0v) is 7.63. The van der Waals surface area contributed by atoms with Crippen molar-refractivity contribution < 1.29 is 13.2 Å². The molecule has 0 radical (unpaired) electrons. The molecular formula is C12H6F2O. The maximum absolute atomic E-state index is 13.3. The van der Waals surface area contributed by atoms with Crippen LogP contribution in [0.15, 0.2) is 40.8 Å². The second-order valence-corrected chi connectivity index (χ2v) is 3.34. The van der Waals surface area contributed by atoms with Gasteiger partial charge in [-0.25, -0.2) is 8.78 Å². The average molecular weight is 204 g/mol. The number of hydrogen-bond donors (Lipinski definition) is 0. The van der Waals surface area contributed by atoms with Gasteiger partial charge in [0, 0.05) is 10.8 Å². The lowest BCUT2D eigenvalue weighted by Gasteiger charge is -1.88. The molecule has 0 aliphatic rings. The van der Waals surface area contributed by atoms with Crippen LogP contribution in [0.25, 0.3) is 21.9 Å². The summed E-state index contributed by atoms with van der Waals surface area (Å²) in [6.07, 6.45) is 0. The minimum absolute atomic E-state index is 0.109. The number of para-hydroxylation sites is 2. The van der Waals surface area contributed by atoms with E-state index in [1.807, 2.05) is 0 Å². The molecule has 3 heteroatoms. The summed E-state index contributed by atoms with van der Waals surface area (Å²) in [4.78, 5) is 0. The van der Waals surface area contributed by atoms with Gasteiger partial charge in [-0.15, -0.1) is 0 Å². The number of furan rings is 1. The van der Waals surface area contributed by atoms with Crippen molar-refractivity contribution in [3.8, 4) is 0 Å². The molecule has 2 aromatic carbocycles. The van der Waals surface area contributed by atoms with Crippen molar-refractivity contribution in [1.29, 1.82) is 0 Å². The summed E-state index contributed by atoms with van der Waals surface area (Å²) in [6.45, 7) is 0. The molecule has 1 heterocycles. The van der Waals surface area contributed by atoms with Crippen molar-refractivity contribution >= 4 is 21.9 Å². The van der Waals surface area contributed by atoms with Crippen molar-refractivity contribution in [2.75, 3.05) is 0 Å². The van der Waals surface area contributed by atoms with Crippen molar-refractivity contribution in [3.63, 3.8) is 0 Å². The lowest BCUT2D eigenvalue weighted by Crippen LogP contribution is -1.72. The van der Waals surface area contributed by atoms with Crippen molar-refractivity contribution in [2.45, 2.75) is 0 Å². The van der Waals surface area contributed by atoms with Crippen LogP contribution in [-0.2, 0) is 0 Å². The van der Waals surface area contributed by atoms with E-state index in [-0.39, 0.29) is 11.2 Å². The molecule has 0 unspecified atom stereocenters. The maximum Gasteiger partial charge on any atom is 0.171 e. The second-order valence-electron chi connectivity index (χ2n) is 3.34. The van der Waals surface area contributed by atoms with Gasteiger partial charge in [0.05, 0.1) is 0 Å². The van der Waals surface area contributed by atoms with Crippen molar-refractivity contribution in [1.82, 2.24) is 0 Å². The predicted octanol–water partition coefficient (Wildman–Crippen LogP) is 3.86. The quantitative estimate of drug-likeness (QED) is 0.541. The highest BCUT2D eigenvalue weighted by Gasteiger charge is 2.12. The first-order valence-corrected chi connectivity index (χ1v) is 4.52. The standard InChI is InChI=1S/C12H6F2O/c13-9-5-1-3-7-8-4-2-6-10(14)12(8)15-11(7)9/h1-6H. The Bertz CT molecular complexity index is 599. The summed E-state index contributed by atoms with van der Waals surface area (Å²) < 4.78 is 31.8. The third kappa shape index (κ3) is 1.06. The van der Waals surface area contributed by atoms with Gasteiger partial charge in [-0.1, -0.05) is 24.3 Å². The van der Waals surface area contributed by atoms with Crippen LogP contribution in [-0.4, -0.2) is 0 Å². The molecule has 3 rings (SSSR count). The molecular weight excluding hydrogens is 198 g/mol. The van der Waals surface area contributed by atoms with Gasteiger partial charge in [0.1, 0.15) is 0 Å². The summed E-state index contributed by atoms with van der Waals surface area (Å²) in [5.41, 5.74) is 0.218. The molecule has 0 aliphatic carbocycles. The fraction of sp³-hybridized carbons (Fsp3) is 0. The highest BCUT2D eigenvalue weighted by atomic mass is 19.1. The van der Waals surface area contributed by atoms with Crippen LogP contribution in [0.5, 0.6) is 0 Å². The monoisotopic (exact) mass is 204 g/mol. The van der Waals surface area contributed by atoms with E-state index in [0.717, 1.165) is 0 Å². The van der Waals surface area contributed by atoms with Crippen LogP contribution < -0.4 is 0 Å². The first-order valence-electron chi connectivity index (χ1n) is 4.52. The second kappa shape index (κ2) is 2.79. The molecule has 74 valence electrons. The third-order valence-electron chi connectivity index (χ3n) is 2.43. The molecule has 0 fully saturated rings. The summed E-state index contributed by atoms with van der Waals surface area (Å²) in [5, 5.41) is 1.20. The summed E-state index contributed by atoms with van der Waals surface area (Å²) in [5.74, 6) is -0.939. The molecule has 15 heavy (non-hydrogen) atoms. The van der Waals surface area contributed by atoms with E-state index >= 15 is 0 Å². The van der Waals surface area contributed by atoms with Gasteiger partial charge in [-0.3, -0.25) is 0 Å². The van der Waals surface area contributed by atoms with Crippen molar-refractivity contribution in [3.05, 3.63) is 48.0 Å². The normalized spacial score (nSPS) is 11.3. The molecule has 1 aromatic heterocycles. The molecule has 0 spiro atoms. The summed E-state index contributed by atoms with van der Waals surface area (Å²) >= 11 is 0. The van der Waals surface area contributed by atoms with Gasteiger partial charge in [-0.05, 0) is 12.1 Å². The minimum atomic E-state index is -0.469. The first kappa shape index (κ1) is 8.41. The molecule has 0 bridgehead atoms. The maximum atomic E-state index is 13.3. The SMILES string of the molecule is Fc1cccc2c1oc1c(F)cccc12. The third-order valence-corrected chi connectivity index (χ3v) is 2.43. The molecule has 0 atom stereocenters. The minimum Gasteiger partial charge on any atom is -0.450 e. The molecule has 0 saturated carbocycles. The molecule has 0 saturated heterocycles. The van der Waals surface area contributed by atoms with E-state index in [9.17, 15) is 8.78 Å². The van der Waals surface area contributed by atoms with Crippen LogP contribution in [0.4, 0.5) is 8.78 Å². The molecule has 3 aromatic rings. The number of benzene rings is 2. The number of fused-ring (bicyclic) bond motifs is 3. The van der Waals surface area contributed by atoms with Crippen LogP contribution in [0, 0.1) is 11.6 Å². The topological polar surface area (TPSA) is 13.1 Å². The van der Waals surface area contributed by atoms with E-state index in [1.165, 1.54) is 12.1 Å². The van der Waals surface area contributed by atoms with E-state index in [2.05, 4.69) is 0 Å². The zero-order valence-electron chi connectivity index (χ0n) is 7.63. The number of hydrogen-bond acceptors (Lipinski definition) is 1.